The first-order chi connectivity index (χ1) is 13.3. The predicted molar refractivity (Wildman–Crippen MR) is 113 cm³/mol. The maximum atomic E-state index is 12.0. The Labute approximate surface area is 173 Å². The highest BCUT2D eigenvalue weighted by molar-refractivity contribution is 8.00. The van der Waals surface area contributed by atoms with E-state index in [0.717, 1.165) is 0 Å². The number of thioether (sulfide) groups is 1. The molecular weight excluding hydrogens is 400 g/mol. The molecule has 0 atom stereocenters. The number of benzene rings is 2. The maximum absolute atomic E-state index is 12.0. The number of hydrogen-bond donors (Lipinski definition) is 2. The molecule has 0 aromatic heterocycles. The van der Waals surface area contributed by atoms with Gasteiger partial charge in [-0.15, -0.1) is 11.8 Å². The molecule has 6 nitrogen and oxygen atoms in total. The fourth-order valence-corrected chi connectivity index (χ4v) is 2.88. The van der Waals surface area contributed by atoms with Crippen LogP contribution in [0.2, 0.25) is 5.02 Å². The summed E-state index contributed by atoms with van der Waals surface area (Å²) in [7, 11) is 0. The van der Waals surface area contributed by atoms with E-state index in [1.807, 2.05) is 0 Å². The Bertz CT molecular complexity index is 823. The number of esters is 1. The quantitative estimate of drug-likeness (QED) is 0.625. The lowest BCUT2D eigenvalue weighted by Gasteiger charge is -2.09. The fourth-order valence-electron chi connectivity index (χ4n) is 2.14. The van der Waals surface area contributed by atoms with Gasteiger partial charge in [-0.2, -0.15) is 0 Å². The van der Waals surface area contributed by atoms with Crippen LogP contribution in [0.4, 0.5) is 11.4 Å². The van der Waals surface area contributed by atoms with Gasteiger partial charge < -0.3 is 15.4 Å². The molecule has 0 spiro atoms. The monoisotopic (exact) mass is 420 g/mol. The van der Waals surface area contributed by atoms with Crippen molar-refractivity contribution in [3.63, 3.8) is 0 Å². The Kier molecular flexibility index (Phi) is 8.35. The van der Waals surface area contributed by atoms with E-state index in [4.69, 9.17) is 16.3 Å². The number of ether oxygens (including phenoxy) is 1. The average molecular weight is 421 g/mol. The predicted octanol–water partition coefficient (Wildman–Crippen LogP) is 4.22. The van der Waals surface area contributed by atoms with Crippen molar-refractivity contribution in [1.29, 1.82) is 0 Å². The third-order valence-corrected chi connectivity index (χ3v) is 4.53. The molecule has 2 amide bonds. The van der Waals surface area contributed by atoms with Crippen molar-refractivity contribution < 1.29 is 19.1 Å². The lowest BCUT2D eigenvalue weighted by Crippen LogP contribution is -2.18. The van der Waals surface area contributed by atoms with Crippen LogP contribution in [-0.2, 0) is 14.3 Å². The van der Waals surface area contributed by atoms with E-state index in [0.29, 0.717) is 22.0 Å². The normalized spacial score (nSPS) is 10.4. The maximum Gasteiger partial charge on any atom is 0.338 e. The van der Waals surface area contributed by atoms with Gasteiger partial charge in [0, 0.05) is 16.4 Å². The highest BCUT2D eigenvalue weighted by atomic mass is 35.5. The minimum absolute atomic E-state index is 0.130. The lowest BCUT2D eigenvalue weighted by molar-refractivity contribution is -0.114. The van der Waals surface area contributed by atoms with Gasteiger partial charge in [0.1, 0.15) is 0 Å². The Morgan fingerprint density at radius 1 is 0.893 bits per heavy atom. The SMILES string of the molecule is CC(C)OC(=O)c1ccc(NC(=O)CSCC(=O)Nc2ccc(Cl)cc2)cc1. The molecule has 0 bridgehead atoms. The molecular formula is C20H21ClN2O4S. The molecule has 0 aliphatic carbocycles. The average Bonchev–Trinajstić information content (AvgIpc) is 2.63. The molecule has 0 heterocycles. The second-order valence-electron chi connectivity index (χ2n) is 6.13. The van der Waals surface area contributed by atoms with Crippen molar-refractivity contribution in [3.05, 3.63) is 59.1 Å². The second-order valence-corrected chi connectivity index (χ2v) is 7.55. The molecule has 28 heavy (non-hydrogen) atoms. The first-order valence-electron chi connectivity index (χ1n) is 8.57. The minimum Gasteiger partial charge on any atom is -0.459 e. The van der Waals surface area contributed by atoms with Crippen LogP contribution in [0.25, 0.3) is 0 Å². The molecule has 2 N–H and O–H groups in total. The molecule has 0 fully saturated rings. The number of amides is 2. The van der Waals surface area contributed by atoms with Gasteiger partial charge in [0.25, 0.3) is 0 Å². The van der Waals surface area contributed by atoms with Crippen LogP contribution in [0.15, 0.2) is 48.5 Å². The summed E-state index contributed by atoms with van der Waals surface area (Å²) in [6.45, 7) is 3.56. The number of carbonyl (C=O) groups excluding carboxylic acids is 3. The van der Waals surface area contributed by atoms with Crippen molar-refractivity contribution in [2.45, 2.75) is 20.0 Å². The Hall–Kier alpha value is -2.51. The number of nitrogens with one attached hydrogen (secondary N) is 2. The van der Waals surface area contributed by atoms with Crippen LogP contribution in [-0.4, -0.2) is 35.4 Å². The van der Waals surface area contributed by atoms with E-state index in [1.54, 1.807) is 62.4 Å². The number of carbonyl (C=O) groups is 3. The minimum atomic E-state index is -0.407. The Balaban J connectivity index is 1.72. The van der Waals surface area contributed by atoms with Gasteiger partial charge in [-0.05, 0) is 62.4 Å². The molecule has 0 saturated heterocycles. The smallest absolute Gasteiger partial charge is 0.338 e. The first kappa shape index (κ1) is 21.8. The third kappa shape index (κ3) is 7.62. The van der Waals surface area contributed by atoms with E-state index >= 15 is 0 Å². The molecule has 0 radical (unpaired) electrons. The Morgan fingerprint density at radius 2 is 1.36 bits per heavy atom. The van der Waals surface area contributed by atoms with Crippen LogP contribution in [0.3, 0.4) is 0 Å². The van der Waals surface area contributed by atoms with Crippen molar-refractivity contribution in [2.24, 2.45) is 0 Å². The molecule has 2 aromatic rings. The second kappa shape index (κ2) is 10.7. The number of anilines is 2. The highest BCUT2D eigenvalue weighted by Gasteiger charge is 2.10. The molecule has 148 valence electrons. The van der Waals surface area contributed by atoms with Gasteiger partial charge in [-0.1, -0.05) is 11.6 Å². The fraction of sp³-hybridized carbons (Fsp3) is 0.250. The van der Waals surface area contributed by atoms with Crippen LogP contribution in [0, 0.1) is 0 Å². The molecule has 8 heteroatoms. The van der Waals surface area contributed by atoms with Gasteiger partial charge in [-0.25, -0.2) is 4.79 Å². The van der Waals surface area contributed by atoms with Crippen LogP contribution in [0.1, 0.15) is 24.2 Å². The van der Waals surface area contributed by atoms with E-state index in [9.17, 15) is 14.4 Å². The highest BCUT2D eigenvalue weighted by Crippen LogP contribution is 2.15. The zero-order valence-corrected chi connectivity index (χ0v) is 17.1. The molecule has 0 aliphatic heterocycles. The van der Waals surface area contributed by atoms with Gasteiger partial charge in [-0.3, -0.25) is 9.59 Å². The molecule has 0 aliphatic rings. The van der Waals surface area contributed by atoms with E-state index in [-0.39, 0.29) is 29.4 Å². The van der Waals surface area contributed by atoms with Gasteiger partial charge >= 0.3 is 5.97 Å². The van der Waals surface area contributed by atoms with E-state index < -0.39 is 5.97 Å². The van der Waals surface area contributed by atoms with Crippen LogP contribution < -0.4 is 10.6 Å². The molecule has 0 saturated carbocycles. The lowest BCUT2D eigenvalue weighted by atomic mass is 10.2. The summed E-state index contributed by atoms with van der Waals surface area (Å²) in [4.78, 5) is 35.6. The summed E-state index contributed by atoms with van der Waals surface area (Å²) in [6, 6.07) is 13.2. The van der Waals surface area contributed by atoms with Crippen molar-refractivity contribution >= 4 is 52.5 Å². The zero-order valence-electron chi connectivity index (χ0n) is 15.5. The zero-order chi connectivity index (χ0) is 20.5. The van der Waals surface area contributed by atoms with Gasteiger partial charge in [0.2, 0.25) is 11.8 Å². The molecule has 2 aromatic carbocycles. The topological polar surface area (TPSA) is 84.5 Å². The Morgan fingerprint density at radius 3 is 1.82 bits per heavy atom. The largest absolute Gasteiger partial charge is 0.459 e. The summed E-state index contributed by atoms with van der Waals surface area (Å²) in [5.41, 5.74) is 1.63. The van der Waals surface area contributed by atoms with E-state index in [1.165, 1.54) is 11.8 Å². The first-order valence-corrected chi connectivity index (χ1v) is 10.1. The summed E-state index contributed by atoms with van der Waals surface area (Å²) >= 11 is 6.99. The van der Waals surface area contributed by atoms with Crippen molar-refractivity contribution in [2.75, 3.05) is 22.1 Å². The van der Waals surface area contributed by atoms with Crippen LogP contribution in [0.5, 0.6) is 0 Å². The van der Waals surface area contributed by atoms with Crippen LogP contribution >= 0.6 is 23.4 Å². The third-order valence-electron chi connectivity index (χ3n) is 3.34. The number of rotatable bonds is 8. The molecule has 2 rings (SSSR count). The molecule has 0 unspecified atom stereocenters. The number of hydrogen-bond acceptors (Lipinski definition) is 5. The standard InChI is InChI=1S/C20H21ClN2O4S/c1-13(2)27-20(26)14-3-7-16(8-4-14)22-18(24)11-28-12-19(25)23-17-9-5-15(21)6-10-17/h3-10,13H,11-12H2,1-2H3,(H,22,24)(H,23,25). The van der Waals surface area contributed by atoms with Gasteiger partial charge in [0.05, 0.1) is 23.2 Å². The summed E-state index contributed by atoms with van der Waals surface area (Å²) in [6.07, 6.45) is -0.194. The summed E-state index contributed by atoms with van der Waals surface area (Å²) < 4.78 is 5.11. The summed E-state index contributed by atoms with van der Waals surface area (Å²) in [5, 5.41) is 6.04. The number of halogens is 1. The van der Waals surface area contributed by atoms with Crippen molar-refractivity contribution in [3.8, 4) is 0 Å². The van der Waals surface area contributed by atoms with E-state index in [2.05, 4.69) is 10.6 Å². The van der Waals surface area contributed by atoms with Gasteiger partial charge in [0.15, 0.2) is 0 Å². The summed E-state index contributed by atoms with van der Waals surface area (Å²) in [5.74, 6) is -0.564. The van der Waals surface area contributed by atoms with Crippen molar-refractivity contribution in [1.82, 2.24) is 0 Å².